The fourth-order valence-corrected chi connectivity index (χ4v) is 11.7. The first-order chi connectivity index (χ1) is 23.4. The minimum absolute atomic E-state index is 0.0588. The third kappa shape index (κ3) is 5.95. The van der Waals surface area contributed by atoms with Crippen molar-refractivity contribution in [2.45, 2.75) is 73.7 Å². The van der Waals surface area contributed by atoms with Crippen LogP contribution in [0.3, 0.4) is 0 Å². The SMILES string of the molecule is COc1cc(C2Oc3cc(OCCO)c4c5c3C(CSSC3CCCC(CCC(c6cc(O)ccc6-4)C5CO)C3)C2O)cc(OC)c1O. The zero-order valence-corrected chi connectivity index (χ0v) is 28.9. The molecule has 4 aliphatic rings. The summed E-state index contributed by atoms with van der Waals surface area (Å²) in [7, 11) is 6.64. The highest BCUT2D eigenvalue weighted by Gasteiger charge is 2.46. The van der Waals surface area contributed by atoms with Crippen molar-refractivity contribution in [2.75, 3.05) is 39.8 Å². The molecule has 7 unspecified atom stereocenters. The van der Waals surface area contributed by atoms with Gasteiger partial charge in [-0.25, -0.2) is 0 Å². The lowest BCUT2D eigenvalue weighted by molar-refractivity contribution is 0.00384. The van der Waals surface area contributed by atoms with E-state index in [2.05, 4.69) is 0 Å². The van der Waals surface area contributed by atoms with Crippen LogP contribution in [0.1, 0.15) is 84.6 Å². The molecular weight excluding hydrogens is 653 g/mol. The molecule has 48 heavy (non-hydrogen) atoms. The van der Waals surface area contributed by atoms with Gasteiger partial charge in [0.25, 0.3) is 0 Å². The van der Waals surface area contributed by atoms with Gasteiger partial charge in [0.1, 0.15) is 30.0 Å². The molecule has 2 aliphatic heterocycles. The van der Waals surface area contributed by atoms with Crippen LogP contribution in [0.25, 0.3) is 11.1 Å². The van der Waals surface area contributed by atoms with E-state index >= 15 is 0 Å². The molecule has 0 radical (unpaired) electrons. The average Bonchev–Trinajstić information content (AvgIpc) is 3.10. The standard InChI is InChI=1S/C37H44O9S2/c1-43-30-13-20(14-31(44-2)36(30)42)37-35(41)27-18-47-48-22-5-3-4-19(12-22)6-8-23-25-15-21(40)7-9-24(25)32-28(45-11-10-38)16-29(46-37)33(27)34(32)26(23)17-39/h7,9,13-16,19,22-23,26-27,35,37-42H,3-6,8,10-12,17-18H2,1-2H3. The Morgan fingerprint density at radius 1 is 0.896 bits per heavy atom. The number of hydrogen-bond donors (Lipinski definition) is 5. The highest BCUT2D eigenvalue weighted by Crippen LogP contribution is 2.60. The van der Waals surface area contributed by atoms with Crippen LogP contribution >= 0.6 is 21.6 Å². The molecule has 1 saturated carbocycles. The Bertz CT molecular complexity index is 1620. The summed E-state index contributed by atoms with van der Waals surface area (Å²) in [6, 6.07) is 10.6. The Kier molecular flexibility index (Phi) is 9.86. The van der Waals surface area contributed by atoms with Gasteiger partial charge in [0.05, 0.1) is 27.4 Å². The van der Waals surface area contributed by atoms with Crippen LogP contribution in [-0.4, -0.2) is 76.7 Å². The average molecular weight is 697 g/mol. The van der Waals surface area contributed by atoms with Crippen LogP contribution in [0.2, 0.25) is 0 Å². The molecule has 2 aliphatic carbocycles. The summed E-state index contributed by atoms with van der Waals surface area (Å²) in [5.74, 6) is 1.95. The van der Waals surface area contributed by atoms with Crippen LogP contribution in [-0.2, 0) is 0 Å². The molecule has 0 aromatic heterocycles. The van der Waals surface area contributed by atoms with Crippen molar-refractivity contribution in [3.05, 3.63) is 58.7 Å². The molecule has 5 N–H and O–H groups in total. The molecule has 3 aromatic carbocycles. The minimum Gasteiger partial charge on any atom is -0.508 e. The van der Waals surface area contributed by atoms with E-state index in [1.165, 1.54) is 33.5 Å². The Labute approximate surface area is 289 Å². The fourth-order valence-electron chi connectivity index (χ4n) is 8.49. The molecule has 258 valence electrons. The largest absolute Gasteiger partial charge is 0.508 e. The predicted molar refractivity (Wildman–Crippen MR) is 187 cm³/mol. The van der Waals surface area contributed by atoms with Crippen molar-refractivity contribution in [1.82, 2.24) is 0 Å². The maximum absolute atomic E-state index is 12.3. The molecule has 7 atom stereocenters. The van der Waals surface area contributed by atoms with Gasteiger partial charge in [-0.3, -0.25) is 0 Å². The predicted octanol–water partition coefficient (Wildman–Crippen LogP) is 6.64. The molecule has 4 bridgehead atoms. The summed E-state index contributed by atoms with van der Waals surface area (Å²) in [4.78, 5) is 0. The van der Waals surface area contributed by atoms with Crippen molar-refractivity contribution >= 4 is 21.6 Å². The molecule has 1 fully saturated rings. The lowest BCUT2D eigenvalue weighted by Gasteiger charge is -2.43. The van der Waals surface area contributed by atoms with Gasteiger partial charge < -0.3 is 44.5 Å². The minimum atomic E-state index is -0.985. The van der Waals surface area contributed by atoms with Gasteiger partial charge in [0.15, 0.2) is 17.6 Å². The molecule has 0 spiro atoms. The molecule has 9 nitrogen and oxygen atoms in total. The van der Waals surface area contributed by atoms with Gasteiger partial charge in [-0.1, -0.05) is 40.5 Å². The van der Waals surface area contributed by atoms with Gasteiger partial charge in [0, 0.05) is 45.6 Å². The zero-order chi connectivity index (χ0) is 33.5. The Morgan fingerprint density at radius 3 is 2.42 bits per heavy atom. The number of hydrogen-bond acceptors (Lipinski definition) is 11. The number of ether oxygens (including phenoxy) is 4. The monoisotopic (exact) mass is 696 g/mol. The molecular formula is C37H44O9S2. The number of phenolic OH excluding ortho intramolecular Hbond substituents is 2. The maximum atomic E-state index is 12.3. The fraction of sp³-hybridized carbons (Fsp3) is 0.514. The Hall–Kier alpha value is -2.96. The first-order valence-corrected chi connectivity index (χ1v) is 19.2. The lowest BCUT2D eigenvalue weighted by Crippen LogP contribution is -2.37. The number of benzene rings is 3. The molecule has 3 aromatic rings. The highest BCUT2D eigenvalue weighted by atomic mass is 33.1. The number of aliphatic hydroxyl groups is 3. The molecule has 11 heteroatoms. The second kappa shape index (κ2) is 14.1. The van der Waals surface area contributed by atoms with Crippen molar-refractivity contribution in [2.24, 2.45) is 5.92 Å². The molecule has 2 heterocycles. The van der Waals surface area contributed by atoms with E-state index in [-0.39, 0.29) is 60.6 Å². The Balaban J connectivity index is 1.46. The first kappa shape index (κ1) is 33.5. The van der Waals surface area contributed by atoms with E-state index in [1.54, 1.807) is 29.0 Å². The van der Waals surface area contributed by atoms with E-state index in [0.29, 0.717) is 34.0 Å². The van der Waals surface area contributed by atoms with Crippen LogP contribution in [0, 0.1) is 5.92 Å². The third-order valence-electron chi connectivity index (χ3n) is 10.7. The van der Waals surface area contributed by atoms with Crippen molar-refractivity contribution in [3.8, 4) is 45.6 Å². The van der Waals surface area contributed by atoms with Crippen LogP contribution in [0.15, 0.2) is 36.4 Å². The number of phenols is 2. The van der Waals surface area contributed by atoms with E-state index < -0.39 is 12.2 Å². The summed E-state index contributed by atoms with van der Waals surface area (Å²) in [6.45, 7) is -0.256. The summed E-state index contributed by atoms with van der Waals surface area (Å²) in [6.07, 6.45) is 4.80. The normalized spacial score (nSPS) is 27.7. The lowest BCUT2D eigenvalue weighted by atomic mass is 9.65. The first-order valence-electron chi connectivity index (χ1n) is 16.8. The van der Waals surface area contributed by atoms with Crippen LogP contribution in [0.4, 0.5) is 0 Å². The topological polar surface area (TPSA) is 138 Å². The van der Waals surface area contributed by atoms with Gasteiger partial charge in [0.2, 0.25) is 5.75 Å². The van der Waals surface area contributed by atoms with E-state index in [0.717, 1.165) is 47.1 Å². The highest BCUT2D eigenvalue weighted by molar-refractivity contribution is 8.76. The maximum Gasteiger partial charge on any atom is 0.200 e. The van der Waals surface area contributed by atoms with Crippen molar-refractivity contribution in [3.63, 3.8) is 0 Å². The number of methoxy groups -OCH3 is 2. The number of rotatable bonds is 7. The molecule has 7 rings (SSSR count). The second-order valence-corrected chi connectivity index (χ2v) is 16.0. The summed E-state index contributed by atoms with van der Waals surface area (Å²) >= 11 is 0. The third-order valence-corrected chi connectivity index (χ3v) is 13.7. The van der Waals surface area contributed by atoms with Gasteiger partial charge in [-0.2, -0.15) is 0 Å². The van der Waals surface area contributed by atoms with Gasteiger partial charge in [-0.05, 0) is 78.5 Å². The van der Waals surface area contributed by atoms with Crippen molar-refractivity contribution in [1.29, 1.82) is 0 Å². The van der Waals surface area contributed by atoms with Crippen molar-refractivity contribution < 1.29 is 44.5 Å². The van der Waals surface area contributed by atoms with E-state index in [9.17, 15) is 25.5 Å². The van der Waals surface area contributed by atoms with E-state index in [1.807, 2.05) is 29.0 Å². The number of aromatic hydroxyl groups is 2. The number of aliphatic hydroxyl groups excluding tert-OH is 3. The smallest absolute Gasteiger partial charge is 0.200 e. The Morgan fingerprint density at radius 2 is 1.69 bits per heavy atom. The van der Waals surface area contributed by atoms with Gasteiger partial charge in [-0.15, -0.1) is 0 Å². The summed E-state index contributed by atoms with van der Waals surface area (Å²) < 4.78 is 23.9. The summed E-state index contributed by atoms with van der Waals surface area (Å²) in [5.41, 5.74) is 5.07. The zero-order valence-electron chi connectivity index (χ0n) is 27.3. The molecule has 0 saturated heterocycles. The van der Waals surface area contributed by atoms with Crippen LogP contribution < -0.4 is 18.9 Å². The molecule has 0 amide bonds. The number of fused-ring (bicyclic) bond motifs is 6. The second-order valence-electron chi connectivity index (χ2n) is 13.3. The van der Waals surface area contributed by atoms with Crippen LogP contribution in [0.5, 0.6) is 34.5 Å². The van der Waals surface area contributed by atoms with E-state index in [4.69, 9.17) is 18.9 Å². The summed E-state index contributed by atoms with van der Waals surface area (Å²) in [5, 5.41) is 55.3. The quantitative estimate of drug-likeness (QED) is 0.170. The van der Waals surface area contributed by atoms with Gasteiger partial charge >= 0.3 is 0 Å².